The van der Waals surface area contributed by atoms with Crippen LogP contribution in [0.4, 0.5) is 0 Å². The fourth-order valence-electron chi connectivity index (χ4n) is 9.65. The summed E-state index contributed by atoms with van der Waals surface area (Å²) in [6.07, 6.45) is 2.08. The van der Waals surface area contributed by atoms with Crippen molar-refractivity contribution in [3.63, 3.8) is 0 Å². The summed E-state index contributed by atoms with van der Waals surface area (Å²) < 4.78 is 4.99. The van der Waals surface area contributed by atoms with E-state index in [0.717, 1.165) is 16.8 Å². The lowest BCUT2D eigenvalue weighted by atomic mass is 9.97. The van der Waals surface area contributed by atoms with Crippen LogP contribution < -0.4 is 0 Å². The molecule has 0 spiro atoms. The van der Waals surface area contributed by atoms with Crippen LogP contribution in [0.5, 0.6) is 0 Å². The van der Waals surface area contributed by atoms with Gasteiger partial charge in [0.2, 0.25) is 0 Å². The standard InChI is InChI=1S/C53H31N3/c1-5-13-32(14-6-1)36-21-22-48-39(23-36)43-24-37(33-15-7-2-8-16-33)25-44-40-28-41-45-26-38(34-17-9-3-10-18-34)27-46-42-29-47(35-19-11-4-12-20-35)54-31-51(42)56(53(45)46)50(41)30-49(40)55(48)52(43)44/h1-31H. The van der Waals surface area contributed by atoms with Crippen molar-refractivity contribution in [3.8, 4) is 44.6 Å². The first-order chi connectivity index (χ1) is 27.8. The van der Waals surface area contributed by atoms with Crippen LogP contribution in [0.25, 0.3) is 121 Å². The van der Waals surface area contributed by atoms with Gasteiger partial charge in [-0.2, -0.15) is 0 Å². The van der Waals surface area contributed by atoms with Gasteiger partial charge < -0.3 is 8.80 Å². The molecule has 0 amide bonds. The molecule has 0 saturated heterocycles. The minimum atomic E-state index is 0.985. The first-order valence-corrected chi connectivity index (χ1v) is 19.3. The number of pyridine rings is 1. The lowest BCUT2D eigenvalue weighted by Gasteiger charge is -2.06. The summed E-state index contributed by atoms with van der Waals surface area (Å²) in [5, 5.41) is 10.1. The minimum absolute atomic E-state index is 0.985. The van der Waals surface area contributed by atoms with Gasteiger partial charge in [-0.1, -0.05) is 127 Å². The second kappa shape index (κ2) is 11.0. The van der Waals surface area contributed by atoms with E-state index in [1.165, 1.54) is 104 Å². The van der Waals surface area contributed by atoms with E-state index in [4.69, 9.17) is 4.98 Å². The molecule has 0 aliphatic rings. The van der Waals surface area contributed by atoms with Gasteiger partial charge in [-0.3, -0.25) is 4.98 Å². The number of nitrogens with zero attached hydrogens (tertiary/aromatic N) is 3. The third-order valence-electron chi connectivity index (χ3n) is 12.2. The monoisotopic (exact) mass is 709 g/mol. The zero-order valence-electron chi connectivity index (χ0n) is 30.2. The summed E-state index contributed by atoms with van der Waals surface area (Å²) in [7, 11) is 0. The zero-order valence-corrected chi connectivity index (χ0v) is 30.2. The Morgan fingerprint density at radius 1 is 0.268 bits per heavy atom. The van der Waals surface area contributed by atoms with Gasteiger partial charge in [-0.05, 0) is 88.0 Å². The molecule has 0 atom stereocenters. The molecule has 0 aliphatic carbocycles. The molecule has 0 aliphatic heterocycles. The lowest BCUT2D eigenvalue weighted by molar-refractivity contribution is 1.30. The van der Waals surface area contributed by atoms with E-state index in [9.17, 15) is 0 Å². The summed E-state index contributed by atoms with van der Waals surface area (Å²) in [5.41, 5.74) is 16.8. The molecule has 0 radical (unpaired) electrons. The highest BCUT2D eigenvalue weighted by Crippen LogP contribution is 2.47. The Hall–Kier alpha value is -7.49. The molecule has 5 aromatic heterocycles. The molecule has 3 nitrogen and oxygen atoms in total. The smallest absolute Gasteiger partial charge is 0.0725 e. The molecule has 0 bridgehead atoms. The van der Waals surface area contributed by atoms with E-state index in [-0.39, 0.29) is 0 Å². The maximum atomic E-state index is 5.07. The van der Waals surface area contributed by atoms with Crippen LogP contribution in [-0.2, 0) is 0 Å². The van der Waals surface area contributed by atoms with Crippen molar-refractivity contribution in [2.45, 2.75) is 0 Å². The third-order valence-corrected chi connectivity index (χ3v) is 12.2. The molecule has 0 unspecified atom stereocenters. The van der Waals surface area contributed by atoms with Crippen molar-refractivity contribution in [1.29, 1.82) is 0 Å². The average Bonchev–Trinajstić information content (AvgIpc) is 3.99. The van der Waals surface area contributed by atoms with Crippen LogP contribution in [-0.4, -0.2) is 13.8 Å². The number of fused-ring (bicyclic) bond motifs is 12. The summed E-state index contributed by atoms with van der Waals surface area (Å²) in [6.45, 7) is 0. The molecule has 0 N–H and O–H groups in total. The first-order valence-electron chi connectivity index (χ1n) is 19.3. The van der Waals surface area contributed by atoms with Crippen molar-refractivity contribution >= 4 is 76.2 Å². The summed E-state index contributed by atoms with van der Waals surface area (Å²) in [4.78, 5) is 5.07. The second-order valence-corrected chi connectivity index (χ2v) is 15.2. The van der Waals surface area contributed by atoms with Gasteiger partial charge in [-0.25, -0.2) is 0 Å². The number of aromatic nitrogens is 3. The lowest BCUT2D eigenvalue weighted by Crippen LogP contribution is -1.87. The van der Waals surface area contributed by atoms with Gasteiger partial charge in [0.1, 0.15) is 0 Å². The van der Waals surface area contributed by atoms with Crippen LogP contribution in [0, 0.1) is 0 Å². The Morgan fingerprint density at radius 2 is 0.679 bits per heavy atom. The van der Waals surface area contributed by atoms with Gasteiger partial charge >= 0.3 is 0 Å². The molecule has 8 aromatic carbocycles. The number of rotatable bonds is 4. The van der Waals surface area contributed by atoms with E-state index >= 15 is 0 Å². The molecule has 13 rings (SSSR count). The van der Waals surface area contributed by atoms with Crippen LogP contribution in [0.1, 0.15) is 0 Å². The van der Waals surface area contributed by atoms with Gasteiger partial charge in [0.15, 0.2) is 0 Å². The van der Waals surface area contributed by atoms with Crippen molar-refractivity contribution < 1.29 is 0 Å². The maximum absolute atomic E-state index is 5.07. The predicted molar refractivity (Wildman–Crippen MR) is 235 cm³/mol. The van der Waals surface area contributed by atoms with Crippen LogP contribution in [0.3, 0.4) is 0 Å². The first kappa shape index (κ1) is 29.9. The number of hydrogen-bond donors (Lipinski definition) is 0. The molecular formula is C53H31N3. The molecule has 56 heavy (non-hydrogen) atoms. The van der Waals surface area contributed by atoms with Crippen molar-refractivity contribution in [1.82, 2.24) is 13.8 Å². The van der Waals surface area contributed by atoms with Crippen LogP contribution >= 0.6 is 0 Å². The molecule has 13 aromatic rings. The summed E-state index contributed by atoms with van der Waals surface area (Å²) in [5.74, 6) is 0. The molecule has 258 valence electrons. The quantitative estimate of drug-likeness (QED) is 0.178. The van der Waals surface area contributed by atoms with Gasteiger partial charge in [0.05, 0.1) is 45.0 Å². The second-order valence-electron chi connectivity index (χ2n) is 15.2. The molecular weight excluding hydrogens is 679 g/mol. The zero-order chi connectivity index (χ0) is 36.5. The van der Waals surface area contributed by atoms with Gasteiger partial charge in [0.25, 0.3) is 0 Å². The van der Waals surface area contributed by atoms with Crippen LogP contribution in [0.15, 0.2) is 188 Å². The largest absolute Gasteiger partial charge is 0.308 e. The molecule has 0 saturated carbocycles. The van der Waals surface area contributed by atoms with E-state index in [0.29, 0.717) is 0 Å². The fourth-order valence-corrected chi connectivity index (χ4v) is 9.65. The fraction of sp³-hybridized carbons (Fsp3) is 0. The Kier molecular flexibility index (Phi) is 5.89. The summed E-state index contributed by atoms with van der Waals surface area (Å²) in [6, 6.07) is 66.7. The highest BCUT2D eigenvalue weighted by molar-refractivity contribution is 6.30. The summed E-state index contributed by atoms with van der Waals surface area (Å²) >= 11 is 0. The maximum Gasteiger partial charge on any atom is 0.0725 e. The van der Waals surface area contributed by atoms with E-state index in [1.54, 1.807) is 0 Å². The molecule has 3 heteroatoms. The van der Waals surface area contributed by atoms with E-state index in [1.807, 2.05) is 0 Å². The highest BCUT2D eigenvalue weighted by Gasteiger charge is 2.24. The van der Waals surface area contributed by atoms with Crippen molar-refractivity contribution in [2.75, 3.05) is 0 Å². The van der Waals surface area contributed by atoms with E-state index < -0.39 is 0 Å². The number of benzene rings is 8. The number of hydrogen-bond acceptors (Lipinski definition) is 1. The van der Waals surface area contributed by atoms with Crippen molar-refractivity contribution in [2.24, 2.45) is 0 Å². The Bertz CT molecular complexity index is 3410. The average molecular weight is 710 g/mol. The normalized spacial score (nSPS) is 12.3. The Balaban J connectivity index is 1.18. The Labute approximate surface area is 321 Å². The topological polar surface area (TPSA) is 21.7 Å². The molecule has 0 fully saturated rings. The van der Waals surface area contributed by atoms with Gasteiger partial charge in [-0.15, -0.1) is 0 Å². The predicted octanol–water partition coefficient (Wildman–Crippen LogP) is 14.0. The highest BCUT2D eigenvalue weighted by atomic mass is 14.9. The van der Waals surface area contributed by atoms with E-state index in [2.05, 4.69) is 197 Å². The van der Waals surface area contributed by atoms with Crippen molar-refractivity contribution in [3.05, 3.63) is 188 Å². The minimum Gasteiger partial charge on any atom is -0.308 e. The SMILES string of the molecule is c1ccc(-c2ccc3c(c2)c2cc(-c4ccccc4)cc4c5cc6c7cc(-c8ccccc8)cc8c9cc(-c%10ccccc%10)ncc9n(c6cc5n3c24)c87)cc1. The Morgan fingerprint density at radius 3 is 1.20 bits per heavy atom. The third kappa shape index (κ3) is 4.04. The van der Waals surface area contributed by atoms with Gasteiger partial charge in [0, 0.05) is 48.7 Å². The van der Waals surface area contributed by atoms with Crippen LogP contribution in [0.2, 0.25) is 0 Å². The molecule has 5 heterocycles.